The number of carbonyl (C=O) groups is 1. The van der Waals surface area contributed by atoms with Crippen molar-refractivity contribution in [3.8, 4) is 0 Å². The van der Waals surface area contributed by atoms with Gasteiger partial charge in [0.1, 0.15) is 6.29 Å². The Kier molecular flexibility index (Phi) is 8.32. The topological polar surface area (TPSA) is 60.2 Å². The van der Waals surface area contributed by atoms with Gasteiger partial charge in [0.05, 0.1) is 5.92 Å². The van der Waals surface area contributed by atoms with Gasteiger partial charge in [-0.25, -0.2) is 0 Å². The fourth-order valence-corrected chi connectivity index (χ4v) is 2.70. The summed E-state index contributed by atoms with van der Waals surface area (Å²) >= 11 is 0. The molecule has 116 valence electrons. The van der Waals surface area contributed by atoms with Gasteiger partial charge in [-0.1, -0.05) is 69.4 Å². The van der Waals surface area contributed by atoms with Gasteiger partial charge in [-0.05, 0) is 12.0 Å². The summed E-state index contributed by atoms with van der Waals surface area (Å²) in [4.78, 5) is 22.0. The molecule has 0 N–H and O–H groups in total. The molecule has 0 aliphatic heterocycles. The molecule has 1 aromatic carbocycles. The molecule has 0 aromatic heterocycles. The summed E-state index contributed by atoms with van der Waals surface area (Å²) in [5.74, 6) is -0.579. The number of benzene rings is 1. The molecule has 0 unspecified atom stereocenters. The molecule has 0 bridgehead atoms. The SMILES string of the molecule is CCCCCCC[C@@H](C=O)[C@H](C[N+](=O)[O-])c1ccccc1. The molecule has 0 radical (unpaired) electrons. The van der Waals surface area contributed by atoms with Crippen LogP contribution in [-0.4, -0.2) is 17.8 Å². The first-order valence-corrected chi connectivity index (χ1v) is 7.81. The van der Waals surface area contributed by atoms with Crippen molar-refractivity contribution in [3.63, 3.8) is 0 Å². The van der Waals surface area contributed by atoms with E-state index in [1.807, 2.05) is 30.3 Å². The van der Waals surface area contributed by atoms with Crippen LogP contribution in [0.2, 0.25) is 0 Å². The van der Waals surface area contributed by atoms with Crippen molar-refractivity contribution in [1.82, 2.24) is 0 Å². The fourth-order valence-electron chi connectivity index (χ4n) is 2.70. The minimum absolute atomic E-state index is 0.178. The number of hydrogen-bond acceptors (Lipinski definition) is 3. The van der Waals surface area contributed by atoms with Crippen molar-refractivity contribution in [2.45, 2.75) is 51.4 Å². The molecule has 0 aliphatic carbocycles. The highest BCUT2D eigenvalue weighted by atomic mass is 16.6. The van der Waals surface area contributed by atoms with Gasteiger partial charge >= 0.3 is 0 Å². The van der Waals surface area contributed by atoms with Crippen LogP contribution in [0, 0.1) is 16.0 Å². The Morgan fingerprint density at radius 2 is 1.81 bits per heavy atom. The summed E-state index contributed by atoms with van der Waals surface area (Å²) in [6, 6.07) is 9.37. The van der Waals surface area contributed by atoms with E-state index in [9.17, 15) is 14.9 Å². The van der Waals surface area contributed by atoms with Gasteiger partial charge in [0, 0.05) is 10.8 Å². The predicted octanol–water partition coefficient (Wildman–Crippen LogP) is 4.22. The third-order valence-corrected chi connectivity index (χ3v) is 3.91. The number of carbonyl (C=O) groups excluding carboxylic acids is 1. The molecule has 4 nitrogen and oxygen atoms in total. The number of rotatable bonds is 11. The molecule has 0 heterocycles. The van der Waals surface area contributed by atoms with Gasteiger partial charge in [0.15, 0.2) is 0 Å². The molecule has 4 heteroatoms. The van der Waals surface area contributed by atoms with Gasteiger partial charge in [0.25, 0.3) is 0 Å². The second kappa shape index (κ2) is 10.1. The summed E-state index contributed by atoms with van der Waals surface area (Å²) < 4.78 is 0. The Hall–Kier alpha value is -1.71. The van der Waals surface area contributed by atoms with E-state index in [1.165, 1.54) is 19.3 Å². The molecule has 0 saturated heterocycles. The first-order chi connectivity index (χ1) is 10.2. The molecule has 1 rings (SSSR count). The van der Waals surface area contributed by atoms with Crippen molar-refractivity contribution in [2.24, 2.45) is 5.92 Å². The standard InChI is InChI=1S/C17H25NO3/c1-2-3-4-5-7-12-16(14-19)17(13-18(20)21)15-10-8-6-9-11-15/h6,8-11,14,16-17H,2-5,7,12-13H2,1H3/t16-,17+/m0/s1. The van der Waals surface area contributed by atoms with Crippen LogP contribution in [-0.2, 0) is 4.79 Å². The van der Waals surface area contributed by atoms with Crippen LogP contribution < -0.4 is 0 Å². The zero-order valence-electron chi connectivity index (χ0n) is 12.7. The molecule has 0 fully saturated rings. The molecular weight excluding hydrogens is 266 g/mol. The van der Waals surface area contributed by atoms with Gasteiger partial charge in [-0.2, -0.15) is 0 Å². The number of nitrogens with zero attached hydrogens (tertiary/aromatic N) is 1. The van der Waals surface area contributed by atoms with Crippen molar-refractivity contribution >= 4 is 6.29 Å². The summed E-state index contributed by atoms with van der Waals surface area (Å²) in [6.45, 7) is 1.99. The van der Waals surface area contributed by atoms with Crippen molar-refractivity contribution in [2.75, 3.05) is 6.54 Å². The maximum atomic E-state index is 11.4. The van der Waals surface area contributed by atoms with E-state index in [2.05, 4.69) is 6.92 Å². The molecule has 1 aromatic rings. The van der Waals surface area contributed by atoms with Crippen LogP contribution in [0.4, 0.5) is 0 Å². The van der Waals surface area contributed by atoms with Crippen LogP contribution in [0.25, 0.3) is 0 Å². The Balaban J connectivity index is 2.65. The lowest BCUT2D eigenvalue weighted by Gasteiger charge is -2.20. The number of nitro groups is 1. The Labute approximate surface area is 126 Å². The highest BCUT2D eigenvalue weighted by molar-refractivity contribution is 5.56. The van der Waals surface area contributed by atoms with Gasteiger partial charge in [-0.3, -0.25) is 10.1 Å². The van der Waals surface area contributed by atoms with E-state index in [-0.39, 0.29) is 23.3 Å². The van der Waals surface area contributed by atoms with Crippen LogP contribution >= 0.6 is 0 Å². The maximum absolute atomic E-state index is 11.4. The Morgan fingerprint density at radius 3 is 2.38 bits per heavy atom. The smallest absolute Gasteiger partial charge is 0.211 e. The summed E-state index contributed by atoms with van der Waals surface area (Å²) in [6.07, 6.45) is 7.27. The lowest BCUT2D eigenvalue weighted by Crippen LogP contribution is -2.22. The first kappa shape index (κ1) is 17.3. The Morgan fingerprint density at radius 1 is 1.14 bits per heavy atom. The first-order valence-electron chi connectivity index (χ1n) is 7.81. The Bertz CT molecular complexity index is 419. The molecule has 21 heavy (non-hydrogen) atoms. The normalized spacial score (nSPS) is 13.6. The molecule has 0 saturated carbocycles. The third-order valence-electron chi connectivity index (χ3n) is 3.91. The van der Waals surface area contributed by atoms with Crippen molar-refractivity contribution in [1.29, 1.82) is 0 Å². The van der Waals surface area contributed by atoms with E-state index in [0.29, 0.717) is 0 Å². The fraction of sp³-hybridized carbons (Fsp3) is 0.588. The van der Waals surface area contributed by atoms with Gasteiger partial charge in [0.2, 0.25) is 6.54 Å². The van der Waals surface area contributed by atoms with E-state index in [1.54, 1.807) is 0 Å². The van der Waals surface area contributed by atoms with Crippen molar-refractivity contribution in [3.05, 3.63) is 46.0 Å². The minimum atomic E-state index is -0.315. The third kappa shape index (κ3) is 6.52. The molecule has 0 spiro atoms. The lowest BCUT2D eigenvalue weighted by atomic mass is 9.83. The molecule has 0 amide bonds. The average Bonchev–Trinajstić information content (AvgIpc) is 2.50. The lowest BCUT2D eigenvalue weighted by molar-refractivity contribution is -0.484. The van der Waals surface area contributed by atoms with Crippen LogP contribution in [0.15, 0.2) is 30.3 Å². The van der Waals surface area contributed by atoms with E-state index in [4.69, 9.17) is 0 Å². The minimum Gasteiger partial charge on any atom is -0.303 e. The van der Waals surface area contributed by atoms with E-state index < -0.39 is 0 Å². The maximum Gasteiger partial charge on any atom is 0.211 e. The zero-order valence-corrected chi connectivity index (χ0v) is 12.7. The average molecular weight is 291 g/mol. The molecule has 0 aliphatic rings. The highest BCUT2D eigenvalue weighted by Crippen LogP contribution is 2.28. The van der Waals surface area contributed by atoms with Gasteiger partial charge in [-0.15, -0.1) is 0 Å². The van der Waals surface area contributed by atoms with Crippen LogP contribution in [0.1, 0.15) is 56.9 Å². The second-order valence-corrected chi connectivity index (χ2v) is 5.54. The van der Waals surface area contributed by atoms with Crippen LogP contribution in [0.3, 0.4) is 0 Å². The quantitative estimate of drug-likeness (QED) is 0.265. The number of hydrogen-bond donors (Lipinski definition) is 0. The number of unbranched alkanes of at least 4 members (excludes halogenated alkanes) is 4. The highest BCUT2D eigenvalue weighted by Gasteiger charge is 2.27. The van der Waals surface area contributed by atoms with E-state index in [0.717, 1.165) is 31.1 Å². The van der Waals surface area contributed by atoms with Crippen LogP contribution in [0.5, 0.6) is 0 Å². The largest absolute Gasteiger partial charge is 0.303 e. The van der Waals surface area contributed by atoms with E-state index >= 15 is 0 Å². The monoisotopic (exact) mass is 291 g/mol. The summed E-state index contributed by atoms with van der Waals surface area (Å²) in [5, 5.41) is 10.9. The molecular formula is C17H25NO3. The second-order valence-electron chi connectivity index (χ2n) is 5.54. The number of aldehydes is 1. The summed E-state index contributed by atoms with van der Waals surface area (Å²) in [7, 11) is 0. The summed E-state index contributed by atoms with van der Waals surface area (Å²) in [5.41, 5.74) is 0.889. The predicted molar refractivity (Wildman–Crippen MR) is 84.0 cm³/mol. The molecule has 2 atom stereocenters. The van der Waals surface area contributed by atoms with Crippen molar-refractivity contribution < 1.29 is 9.72 Å². The van der Waals surface area contributed by atoms with Gasteiger partial charge < -0.3 is 4.79 Å². The zero-order chi connectivity index (χ0) is 15.5.